The van der Waals surface area contributed by atoms with E-state index in [2.05, 4.69) is 57.3 Å². The molecular weight excluding hydrogens is 380 g/mol. The van der Waals surface area contributed by atoms with Gasteiger partial charge in [0.25, 0.3) is 0 Å². The van der Waals surface area contributed by atoms with Gasteiger partial charge in [0.05, 0.1) is 22.9 Å². The highest BCUT2D eigenvalue weighted by molar-refractivity contribution is 6.33. The third kappa shape index (κ3) is 5.07. The number of nitrogens with two attached hydrogens (primary N) is 1. The number of halogens is 1. The molecular formula is C25H37ClN2O. The van der Waals surface area contributed by atoms with E-state index >= 15 is 0 Å². The Morgan fingerprint density at radius 3 is 2.34 bits per heavy atom. The molecule has 1 aliphatic rings. The number of rotatable bonds is 4. The van der Waals surface area contributed by atoms with Crippen molar-refractivity contribution in [1.82, 2.24) is 0 Å². The molecule has 0 saturated carbocycles. The first-order valence-electron chi connectivity index (χ1n) is 10.7. The number of anilines is 2. The van der Waals surface area contributed by atoms with E-state index in [0.717, 1.165) is 24.1 Å². The standard InChI is InChI=1S/C23H31ClN2O.C2H6/c1-6-7-16-21(14-8-10-19(25)18(24)12-14)26-20-11-9-15(23(2,3)4)13-17(20)22(16)27-5;1-2/h8-13,16,21-22,26H,6-7,25H2,1-5H3;1-2H3. The molecule has 1 heterocycles. The van der Waals surface area contributed by atoms with Gasteiger partial charge in [0.2, 0.25) is 0 Å². The number of nitrogens with one attached hydrogen (secondary N) is 1. The van der Waals surface area contributed by atoms with Crippen LogP contribution in [0, 0.1) is 5.92 Å². The van der Waals surface area contributed by atoms with E-state index < -0.39 is 0 Å². The molecule has 3 N–H and O–H groups in total. The number of hydrogen-bond acceptors (Lipinski definition) is 3. The van der Waals surface area contributed by atoms with Gasteiger partial charge >= 0.3 is 0 Å². The maximum absolute atomic E-state index is 6.32. The van der Waals surface area contributed by atoms with Gasteiger partial charge in [0, 0.05) is 24.3 Å². The number of nitrogen functional groups attached to an aromatic ring is 1. The molecule has 0 aliphatic carbocycles. The van der Waals surface area contributed by atoms with Crippen LogP contribution in [0.2, 0.25) is 5.02 Å². The Hall–Kier alpha value is -1.71. The Morgan fingerprint density at radius 1 is 1.10 bits per heavy atom. The van der Waals surface area contributed by atoms with Crippen LogP contribution >= 0.6 is 11.6 Å². The van der Waals surface area contributed by atoms with E-state index in [1.54, 1.807) is 0 Å². The lowest BCUT2D eigenvalue weighted by Gasteiger charge is -2.41. The molecule has 29 heavy (non-hydrogen) atoms. The monoisotopic (exact) mass is 416 g/mol. The van der Waals surface area contributed by atoms with Crippen LogP contribution in [0.25, 0.3) is 0 Å². The molecule has 0 saturated heterocycles. The van der Waals surface area contributed by atoms with Gasteiger partial charge in [-0.15, -0.1) is 0 Å². The predicted molar refractivity (Wildman–Crippen MR) is 127 cm³/mol. The fourth-order valence-electron chi connectivity index (χ4n) is 4.10. The molecule has 160 valence electrons. The summed E-state index contributed by atoms with van der Waals surface area (Å²) in [4.78, 5) is 0. The third-order valence-electron chi connectivity index (χ3n) is 5.61. The number of benzene rings is 2. The van der Waals surface area contributed by atoms with Crippen LogP contribution in [-0.4, -0.2) is 7.11 Å². The summed E-state index contributed by atoms with van der Waals surface area (Å²) in [6.07, 6.45) is 2.21. The number of hydrogen-bond donors (Lipinski definition) is 2. The Labute approximate surface area is 182 Å². The second-order valence-electron chi connectivity index (χ2n) is 8.56. The fourth-order valence-corrected chi connectivity index (χ4v) is 4.29. The molecule has 2 aromatic carbocycles. The van der Waals surface area contributed by atoms with Crippen molar-refractivity contribution in [2.24, 2.45) is 5.92 Å². The van der Waals surface area contributed by atoms with Crippen molar-refractivity contribution in [3.63, 3.8) is 0 Å². The Kier molecular flexibility index (Phi) is 8.02. The Balaban J connectivity index is 0.00000145. The largest absolute Gasteiger partial charge is 0.398 e. The number of ether oxygens (including phenoxy) is 1. The van der Waals surface area contributed by atoms with Crippen LogP contribution < -0.4 is 11.1 Å². The molecule has 0 bridgehead atoms. The molecule has 3 nitrogen and oxygen atoms in total. The molecule has 2 aromatic rings. The van der Waals surface area contributed by atoms with Crippen molar-refractivity contribution >= 4 is 23.0 Å². The van der Waals surface area contributed by atoms with Gasteiger partial charge in [-0.1, -0.05) is 77.8 Å². The van der Waals surface area contributed by atoms with Crippen molar-refractivity contribution in [2.75, 3.05) is 18.2 Å². The van der Waals surface area contributed by atoms with E-state index in [1.165, 1.54) is 11.1 Å². The van der Waals surface area contributed by atoms with Gasteiger partial charge in [-0.25, -0.2) is 0 Å². The quantitative estimate of drug-likeness (QED) is 0.506. The molecule has 3 atom stereocenters. The lowest BCUT2D eigenvalue weighted by atomic mass is 9.76. The summed E-state index contributed by atoms with van der Waals surface area (Å²) in [5, 5.41) is 4.36. The normalized spacial score (nSPS) is 20.9. The summed E-state index contributed by atoms with van der Waals surface area (Å²) in [5.41, 5.74) is 11.5. The number of methoxy groups -OCH3 is 1. The minimum Gasteiger partial charge on any atom is -0.398 e. The molecule has 0 aromatic heterocycles. The summed E-state index contributed by atoms with van der Waals surface area (Å²) in [6, 6.07) is 12.8. The summed E-state index contributed by atoms with van der Waals surface area (Å²) < 4.78 is 6.06. The number of fused-ring (bicyclic) bond motifs is 1. The molecule has 4 heteroatoms. The van der Waals surface area contributed by atoms with E-state index in [1.807, 2.05) is 33.1 Å². The van der Waals surface area contributed by atoms with Crippen LogP contribution in [0.15, 0.2) is 36.4 Å². The zero-order valence-corrected chi connectivity index (χ0v) is 19.7. The zero-order valence-electron chi connectivity index (χ0n) is 19.0. The molecule has 3 unspecified atom stereocenters. The second-order valence-corrected chi connectivity index (χ2v) is 8.97. The lowest BCUT2D eigenvalue weighted by molar-refractivity contribution is 0.0345. The van der Waals surface area contributed by atoms with Crippen LogP contribution in [0.3, 0.4) is 0 Å². The summed E-state index contributed by atoms with van der Waals surface area (Å²) >= 11 is 6.32. The Morgan fingerprint density at radius 2 is 1.79 bits per heavy atom. The topological polar surface area (TPSA) is 47.3 Å². The maximum Gasteiger partial charge on any atom is 0.0892 e. The summed E-state index contributed by atoms with van der Waals surface area (Å²) in [7, 11) is 1.82. The minimum atomic E-state index is 0.0461. The average Bonchev–Trinajstić information content (AvgIpc) is 2.70. The molecule has 3 rings (SSSR count). The van der Waals surface area contributed by atoms with Crippen molar-refractivity contribution in [1.29, 1.82) is 0 Å². The molecule has 0 fully saturated rings. The van der Waals surface area contributed by atoms with Crippen LogP contribution in [0.1, 0.15) is 83.2 Å². The van der Waals surface area contributed by atoms with Crippen LogP contribution in [-0.2, 0) is 10.2 Å². The smallest absolute Gasteiger partial charge is 0.0892 e. The van der Waals surface area contributed by atoms with Gasteiger partial charge in [-0.3, -0.25) is 0 Å². The first-order chi connectivity index (χ1) is 13.8. The van der Waals surface area contributed by atoms with Gasteiger partial charge in [0.15, 0.2) is 0 Å². The zero-order chi connectivity index (χ0) is 21.8. The average molecular weight is 417 g/mol. The summed E-state index contributed by atoms with van der Waals surface area (Å²) in [6.45, 7) is 13.0. The van der Waals surface area contributed by atoms with Gasteiger partial charge in [-0.05, 0) is 41.2 Å². The van der Waals surface area contributed by atoms with E-state index in [9.17, 15) is 0 Å². The maximum atomic E-state index is 6.32. The van der Waals surface area contributed by atoms with Gasteiger partial charge < -0.3 is 15.8 Å². The Bertz CT molecular complexity index is 813. The highest BCUT2D eigenvalue weighted by atomic mass is 35.5. The van der Waals surface area contributed by atoms with E-state index in [0.29, 0.717) is 16.6 Å². The first kappa shape index (κ1) is 23.6. The molecule has 0 spiro atoms. The van der Waals surface area contributed by atoms with E-state index in [-0.39, 0.29) is 17.6 Å². The summed E-state index contributed by atoms with van der Waals surface area (Å²) in [5.74, 6) is 0.322. The van der Waals surface area contributed by atoms with Crippen LogP contribution in [0.4, 0.5) is 11.4 Å². The minimum absolute atomic E-state index is 0.0461. The highest BCUT2D eigenvalue weighted by Crippen LogP contribution is 2.48. The van der Waals surface area contributed by atoms with Crippen molar-refractivity contribution in [3.8, 4) is 0 Å². The SMILES string of the molecule is CC.CCCC1C(c2ccc(N)c(Cl)c2)Nc2ccc(C(C)(C)C)cc2C1OC. The molecule has 1 aliphatic heterocycles. The highest BCUT2D eigenvalue weighted by Gasteiger charge is 2.37. The van der Waals surface area contributed by atoms with Crippen LogP contribution in [0.5, 0.6) is 0 Å². The lowest BCUT2D eigenvalue weighted by Crippen LogP contribution is -2.33. The van der Waals surface area contributed by atoms with Crippen molar-refractivity contribution < 1.29 is 4.74 Å². The molecule has 0 radical (unpaired) electrons. The first-order valence-corrected chi connectivity index (χ1v) is 11.1. The second kappa shape index (κ2) is 9.86. The van der Waals surface area contributed by atoms with Gasteiger partial charge in [0.1, 0.15) is 0 Å². The van der Waals surface area contributed by atoms with Crippen molar-refractivity contribution in [2.45, 2.75) is 71.9 Å². The predicted octanol–water partition coefficient (Wildman–Crippen LogP) is 7.52. The van der Waals surface area contributed by atoms with Crippen molar-refractivity contribution in [3.05, 3.63) is 58.1 Å². The van der Waals surface area contributed by atoms with E-state index in [4.69, 9.17) is 22.1 Å². The fraction of sp³-hybridized carbons (Fsp3) is 0.520. The van der Waals surface area contributed by atoms with Gasteiger partial charge in [-0.2, -0.15) is 0 Å². The molecule has 0 amide bonds. The third-order valence-corrected chi connectivity index (χ3v) is 5.94.